The molecule has 2 aromatic rings. The van der Waals surface area contributed by atoms with Crippen LogP contribution in [0, 0.1) is 11.8 Å². The zero-order valence-corrected chi connectivity index (χ0v) is 19.8. The van der Waals surface area contributed by atoms with Gasteiger partial charge < -0.3 is 20.1 Å². The SMILES string of the molecule is O=C(O)CN(CC1CC1)C(=O)[C@@H]1CCC[C@@H](NC(=O)OCC2c3ccccc3-c3ccccc32)C1. The lowest BCUT2D eigenvalue weighted by Crippen LogP contribution is -2.46. The molecule has 0 aromatic heterocycles. The van der Waals surface area contributed by atoms with Gasteiger partial charge >= 0.3 is 12.1 Å². The van der Waals surface area contributed by atoms with Crippen LogP contribution in [-0.2, 0) is 14.3 Å². The average molecular weight is 477 g/mol. The minimum absolute atomic E-state index is 0.000771. The normalized spacial score (nSPS) is 21.0. The molecule has 2 atom stereocenters. The first-order chi connectivity index (χ1) is 17.0. The molecular formula is C28H32N2O5. The first kappa shape index (κ1) is 23.4. The predicted molar refractivity (Wildman–Crippen MR) is 131 cm³/mol. The largest absolute Gasteiger partial charge is 0.480 e. The molecule has 3 aliphatic rings. The number of carbonyl (C=O) groups is 3. The van der Waals surface area contributed by atoms with Gasteiger partial charge in [0.15, 0.2) is 0 Å². The summed E-state index contributed by atoms with van der Waals surface area (Å²) in [5.41, 5.74) is 4.70. The Balaban J connectivity index is 1.17. The van der Waals surface area contributed by atoms with Gasteiger partial charge in [-0.25, -0.2) is 4.79 Å². The van der Waals surface area contributed by atoms with Crippen LogP contribution in [0.1, 0.15) is 55.6 Å². The zero-order chi connectivity index (χ0) is 24.4. The second-order valence-electron chi connectivity index (χ2n) is 10.1. The fourth-order valence-corrected chi connectivity index (χ4v) is 5.62. The van der Waals surface area contributed by atoms with Crippen molar-refractivity contribution in [3.05, 3.63) is 59.7 Å². The highest BCUT2D eigenvalue weighted by Gasteiger charge is 2.35. The second kappa shape index (κ2) is 10.1. The van der Waals surface area contributed by atoms with Crippen LogP contribution in [0.4, 0.5) is 4.79 Å². The molecule has 0 radical (unpaired) electrons. The molecule has 2 fully saturated rings. The minimum Gasteiger partial charge on any atom is -0.480 e. The highest BCUT2D eigenvalue weighted by Crippen LogP contribution is 2.44. The van der Waals surface area contributed by atoms with Gasteiger partial charge in [0.1, 0.15) is 13.2 Å². The third-order valence-corrected chi connectivity index (χ3v) is 7.50. The van der Waals surface area contributed by atoms with Crippen LogP contribution in [0.15, 0.2) is 48.5 Å². The number of carbonyl (C=O) groups excluding carboxylic acids is 2. The fraction of sp³-hybridized carbons (Fsp3) is 0.464. The Morgan fingerprint density at radius 2 is 1.60 bits per heavy atom. The van der Waals surface area contributed by atoms with Gasteiger partial charge in [0.2, 0.25) is 5.91 Å². The van der Waals surface area contributed by atoms with Crippen molar-refractivity contribution in [2.45, 2.75) is 50.5 Å². The van der Waals surface area contributed by atoms with Crippen molar-refractivity contribution in [2.24, 2.45) is 11.8 Å². The van der Waals surface area contributed by atoms with Crippen molar-refractivity contribution >= 4 is 18.0 Å². The molecular weight excluding hydrogens is 444 g/mol. The summed E-state index contributed by atoms with van der Waals surface area (Å²) in [7, 11) is 0. The first-order valence-electron chi connectivity index (χ1n) is 12.6. The highest BCUT2D eigenvalue weighted by molar-refractivity contribution is 5.83. The van der Waals surface area contributed by atoms with Crippen molar-refractivity contribution in [3.8, 4) is 11.1 Å². The van der Waals surface area contributed by atoms with E-state index in [0.717, 1.165) is 32.1 Å². The fourth-order valence-electron chi connectivity index (χ4n) is 5.62. The van der Waals surface area contributed by atoms with E-state index in [1.165, 1.54) is 27.2 Å². The van der Waals surface area contributed by atoms with Crippen LogP contribution in [-0.4, -0.2) is 53.7 Å². The minimum atomic E-state index is -0.983. The van der Waals surface area contributed by atoms with Crippen LogP contribution in [0.25, 0.3) is 11.1 Å². The molecule has 2 saturated carbocycles. The van der Waals surface area contributed by atoms with Gasteiger partial charge in [-0.3, -0.25) is 9.59 Å². The summed E-state index contributed by atoms with van der Waals surface area (Å²) in [6, 6.07) is 16.3. The maximum Gasteiger partial charge on any atom is 0.407 e. The summed E-state index contributed by atoms with van der Waals surface area (Å²) >= 11 is 0. The number of ether oxygens (including phenoxy) is 1. The molecule has 35 heavy (non-hydrogen) atoms. The van der Waals surface area contributed by atoms with Crippen LogP contribution in [0.5, 0.6) is 0 Å². The summed E-state index contributed by atoms with van der Waals surface area (Å²) < 4.78 is 5.68. The van der Waals surface area contributed by atoms with Gasteiger partial charge in [-0.2, -0.15) is 0 Å². The van der Waals surface area contributed by atoms with Gasteiger partial charge in [0.25, 0.3) is 0 Å². The van der Waals surface area contributed by atoms with Crippen molar-refractivity contribution < 1.29 is 24.2 Å². The van der Waals surface area contributed by atoms with E-state index in [1.807, 2.05) is 24.3 Å². The third-order valence-electron chi connectivity index (χ3n) is 7.50. The van der Waals surface area contributed by atoms with E-state index < -0.39 is 12.1 Å². The Bertz CT molecular complexity index is 1070. The Kier molecular flexibility index (Phi) is 6.75. The Hall–Kier alpha value is -3.35. The third kappa shape index (κ3) is 5.34. The topological polar surface area (TPSA) is 95.9 Å². The molecule has 2 aromatic carbocycles. The van der Waals surface area contributed by atoms with E-state index in [2.05, 4.69) is 29.6 Å². The van der Waals surface area contributed by atoms with Gasteiger partial charge in [-0.15, -0.1) is 0 Å². The van der Waals surface area contributed by atoms with E-state index in [-0.39, 0.29) is 36.9 Å². The Morgan fingerprint density at radius 1 is 0.943 bits per heavy atom. The maximum absolute atomic E-state index is 13.1. The van der Waals surface area contributed by atoms with E-state index in [0.29, 0.717) is 18.9 Å². The molecule has 0 saturated heterocycles. The number of carboxylic acids is 1. The average Bonchev–Trinajstić information content (AvgIpc) is 3.62. The zero-order valence-electron chi connectivity index (χ0n) is 19.8. The molecule has 184 valence electrons. The standard InChI is InChI=1S/C28H32N2O5/c31-26(32)16-30(15-18-12-13-18)27(33)19-6-5-7-20(14-19)29-28(34)35-17-25-23-10-3-1-8-21(23)22-9-2-4-11-24(22)25/h1-4,8-11,18-20,25H,5-7,12-17H2,(H,29,34)(H,31,32)/t19-,20-/m1/s1. The number of benzene rings is 2. The molecule has 0 bridgehead atoms. The lowest BCUT2D eigenvalue weighted by atomic mass is 9.84. The first-order valence-corrected chi connectivity index (χ1v) is 12.6. The quantitative estimate of drug-likeness (QED) is 0.589. The number of fused-ring (bicyclic) bond motifs is 3. The summed E-state index contributed by atoms with van der Waals surface area (Å²) in [5, 5.41) is 12.2. The van der Waals surface area contributed by atoms with Crippen LogP contribution in [0.3, 0.4) is 0 Å². The number of carboxylic acid groups (broad SMARTS) is 1. The molecule has 7 nitrogen and oxygen atoms in total. The summed E-state index contributed by atoms with van der Waals surface area (Å²) in [5.74, 6) is -0.917. The van der Waals surface area contributed by atoms with Gasteiger partial charge in [-0.05, 0) is 60.3 Å². The molecule has 0 spiro atoms. The van der Waals surface area contributed by atoms with E-state index >= 15 is 0 Å². The monoisotopic (exact) mass is 476 g/mol. The van der Waals surface area contributed by atoms with Crippen LogP contribution >= 0.6 is 0 Å². The van der Waals surface area contributed by atoms with Crippen LogP contribution < -0.4 is 5.32 Å². The van der Waals surface area contributed by atoms with E-state index in [4.69, 9.17) is 4.74 Å². The number of hydrogen-bond acceptors (Lipinski definition) is 4. The number of aliphatic carboxylic acids is 1. The summed E-state index contributed by atoms with van der Waals surface area (Å²) in [6.07, 6.45) is 4.49. The molecule has 0 unspecified atom stereocenters. The van der Waals surface area contributed by atoms with Gasteiger partial charge in [0.05, 0.1) is 0 Å². The number of amides is 2. The van der Waals surface area contributed by atoms with Crippen LogP contribution in [0.2, 0.25) is 0 Å². The second-order valence-corrected chi connectivity index (χ2v) is 10.1. The predicted octanol–water partition coefficient (Wildman–Crippen LogP) is 4.41. The molecule has 7 heteroatoms. The molecule has 3 aliphatic carbocycles. The summed E-state index contributed by atoms with van der Waals surface area (Å²) in [4.78, 5) is 38.6. The molecule has 2 N–H and O–H groups in total. The Labute approximate surface area is 205 Å². The molecule has 5 rings (SSSR count). The lowest BCUT2D eigenvalue weighted by Gasteiger charge is -2.32. The van der Waals surface area contributed by atoms with Gasteiger partial charge in [-0.1, -0.05) is 55.0 Å². The number of hydrogen-bond donors (Lipinski definition) is 2. The van der Waals surface area contributed by atoms with E-state index in [9.17, 15) is 19.5 Å². The maximum atomic E-state index is 13.1. The Morgan fingerprint density at radius 3 is 2.23 bits per heavy atom. The lowest BCUT2D eigenvalue weighted by molar-refractivity contribution is -0.147. The highest BCUT2D eigenvalue weighted by atomic mass is 16.5. The van der Waals surface area contributed by atoms with Crippen molar-refractivity contribution in [3.63, 3.8) is 0 Å². The smallest absolute Gasteiger partial charge is 0.407 e. The van der Waals surface area contributed by atoms with Crippen molar-refractivity contribution in [2.75, 3.05) is 19.7 Å². The van der Waals surface area contributed by atoms with Crippen molar-refractivity contribution in [1.29, 1.82) is 0 Å². The number of nitrogens with one attached hydrogen (secondary N) is 1. The molecule has 0 aliphatic heterocycles. The number of nitrogens with zero attached hydrogens (tertiary/aromatic N) is 1. The van der Waals surface area contributed by atoms with Gasteiger partial charge in [0, 0.05) is 24.4 Å². The van der Waals surface area contributed by atoms with E-state index in [1.54, 1.807) is 0 Å². The summed E-state index contributed by atoms with van der Waals surface area (Å²) in [6.45, 7) is 0.519. The van der Waals surface area contributed by atoms with Crippen molar-refractivity contribution in [1.82, 2.24) is 10.2 Å². The number of rotatable bonds is 8. The number of alkyl carbamates (subject to hydrolysis) is 1. The molecule has 2 amide bonds. The molecule has 0 heterocycles.